The lowest BCUT2D eigenvalue weighted by atomic mass is 10.0. The van der Waals surface area contributed by atoms with Gasteiger partial charge >= 0.3 is 6.09 Å². The molecule has 1 unspecified atom stereocenters. The first-order valence-corrected chi connectivity index (χ1v) is 10.1. The maximum Gasteiger partial charge on any atom is 0.407 e. The van der Waals surface area contributed by atoms with E-state index in [1.165, 1.54) is 24.4 Å². The lowest BCUT2D eigenvalue weighted by Gasteiger charge is -2.31. The first-order chi connectivity index (χ1) is 14.9. The molecule has 0 spiro atoms. The largest absolute Gasteiger partial charge is 0.480 e. The number of ether oxygens (including phenoxy) is 2. The highest BCUT2D eigenvalue weighted by Crippen LogP contribution is 2.37. The molecule has 11 nitrogen and oxygen atoms in total. The van der Waals surface area contributed by atoms with Crippen LogP contribution in [0.3, 0.4) is 0 Å². The minimum Gasteiger partial charge on any atom is -0.480 e. The van der Waals surface area contributed by atoms with Crippen molar-refractivity contribution in [1.82, 2.24) is 25.1 Å². The Morgan fingerprint density at radius 3 is 2.77 bits per heavy atom. The summed E-state index contributed by atoms with van der Waals surface area (Å²) >= 11 is 0. The van der Waals surface area contributed by atoms with E-state index in [0.717, 1.165) is 18.5 Å². The van der Waals surface area contributed by atoms with Gasteiger partial charge in [-0.15, -0.1) is 0 Å². The van der Waals surface area contributed by atoms with E-state index >= 15 is 0 Å². The Balaban J connectivity index is 1.56. The molecule has 2 amide bonds. The second kappa shape index (κ2) is 10.2. The minimum absolute atomic E-state index is 0.0651. The smallest absolute Gasteiger partial charge is 0.407 e. The van der Waals surface area contributed by atoms with Crippen molar-refractivity contribution >= 4 is 17.8 Å². The monoisotopic (exact) mass is 432 g/mol. The zero-order chi connectivity index (χ0) is 22.4. The first-order valence-electron chi connectivity index (χ1n) is 10.1. The van der Waals surface area contributed by atoms with E-state index in [0.29, 0.717) is 30.4 Å². The van der Waals surface area contributed by atoms with Gasteiger partial charge < -0.3 is 24.8 Å². The molecule has 3 atom stereocenters. The molecule has 0 bridgehead atoms. The number of methoxy groups -OCH3 is 2. The molecule has 3 N–H and O–H groups in total. The molecule has 0 saturated heterocycles. The fraction of sp³-hybridized carbons (Fsp3) is 0.550. The van der Waals surface area contributed by atoms with Crippen LogP contribution in [0.2, 0.25) is 0 Å². The van der Waals surface area contributed by atoms with Gasteiger partial charge in [0.25, 0.3) is 0 Å². The summed E-state index contributed by atoms with van der Waals surface area (Å²) in [5.41, 5.74) is 1.40. The van der Waals surface area contributed by atoms with Crippen LogP contribution in [0.15, 0.2) is 18.5 Å². The molecule has 31 heavy (non-hydrogen) atoms. The Morgan fingerprint density at radius 1 is 1.32 bits per heavy atom. The van der Waals surface area contributed by atoms with Crippen LogP contribution in [-0.4, -0.2) is 75.1 Å². The van der Waals surface area contributed by atoms with Gasteiger partial charge in [0.15, 0.2) is 5.82 Å². The van der Waals surface area contributed by atoms with E-state index in [1.54, 1.807) is 13.2 Å². The lowest BCUT2D eigenvalue weighted by Crippen LogP contribution is -2.46. The van der Waals surface area contributed by atoms with Gasteiger partial charge in [0, 0.05) is 30.8 Å². The van der Waals surface area contributed by atoms with E-state index in [4.69, 9.17) is 9.47 Å². The number of carboxylic acid groups (broad SMARTS) is 1. The molecule has 0 radical (unpaired) electrons. The average Bonchev–Trinajstić information content (AvgIpc) is 3.38. The van der Waals surface area contributed by atoms with Crippen molar-refractivity contribution in [2.24, 2.45) is 0 Å². The number of anilines is 1. The normalized spacial score (nSPS) is 19.1. The number of H-pyrrole nitrogens is 1. The standard InChI is InChI=1S/C20H28N6O5/c1-12(11-30-2)26(20(28)29)15-5-4-13(6-15)16-8-17(25-24-16)23-18(27)7-14-9-22-19(31-3)10-21-14/h8-10,12-13,15H,4-7,11H2,1-3H3,(H,28,29)(H2,23,24,25,27)/t12?,13-,15+/m0/s1. The number of nitrogens with one attached hydrogen (secondary N) is 2. The number of carbonyl (C=O) groups excluding carboxylic acids is 1. The molecule has 11 heteroatoms. The van der Waals surface area contributed by atoms with E-state index in [1.807, 2.05) is 6.92 Å². The third-order valence-electron chi connectivity index (χ3n) is 5.44. The molecule has 2 aromatic rings. The molecule has 0 aromatic carbocycles. The maximum absolute atomic E-state index is 12.3. The predicted molar refractivity (Wildman–Crippen MR) is 111 cm³/mol. The van der Waals surface area contributed by atoms with Crippen LogP contribution < -0.4 is 10.1 Å². The highest BCUT2D eigenvalue weighted by atomic mass is 16.5. The number of amides is 2. The minimum atomic E-state index is -0.936. The summed E-state index contributed by atoms with van der Waals surface area (Å²) in [6.45, 7) is 2.20. The van der Waals surface area contributed by atoms with Crippen LogP contribution in [0, 0.1) is 0 Å². The Kier molecular flexibility index (Phi) is 7.40. The zero-order valence-corrected chi connectivity index (χ0v) is 17.9. The molecule has 1 saturated carbocycles. The second-order valence-corrected chi connectivity index (χ2v) is 7.64. The van der Waals surface area contributed by atoms with Crippen LogP contribution in [-0.2, 0) is 16.0 Å². The molecule has 0 aliphatic heterocycles. The Morgan fingerprint density at radius 2 is 2.13 bits per heavy atom. The fourth-order valence-electron chi connectivity index (χ4n) is 4.02. The number of rotatable bonds is 9. The maximum atomic E-state index is 12.3. The SMILES string of the molecule is COCC(C)N(C(=O)O)[C@@H]1CC[C@H](c2cc(NC(=O)Cc3cnc(OC)cn3)n[nH]2)C1. The molecular weight excluding hydrogens is 404 g/mol. The average molecular weight is 432 g/mol. The molecular formula is C20H28N6O5. The summed E-state index contributed by atoms with van der Waals surface area (Å²) in [5.74, 6) is 0.696. The van der Waals surface area contributed by atoms with Crippen molar-refractivity contribution in [3.8, 4) is 5.88 Å². The van der Waals surface area contributed by atoms with E-state index in [9.17, 15) is 14.7 Å². The number of carbonyl (C=O) groups is 2. The molecule has 168 valence electrons. The van der Waals surface area contributed by atoms with Gasteiger partial charge in [0.2, 0.25) is 11.8 Å². The van der Waals surface area contributed by atoms with Gasteiger partial charge in [-0.1, -0.05) is 0 Å². The molecule has 3 rings (SSSR count). The van der Waals surface area contributed by atoms with Gasteiger partial charge in [-0.05, 0) is 26.2 Å². The molecule has 1 fully saturated rings. The lowest BCUT2D eigenvalue weighted by molar-refractivity contribution is -0.115. The number of aromatic nitrogens is 4. The molecule has 1 aliphatic carbocycles. The van der Waals surface area contributed by atoms with Crippen molar-refractivity contribution < 1.29 is 24.2 Å². The van der Waals surface area contributed by atoms with E-state index in [-0.39, 0.29) is 30.3 Å². The van der Waals surface area contributed by atoms with Crippen molar-refractivity contribution in [1.29, 1.82) is 0 Å². The summed E-state index contributed by atoms with van der Waals surface area (Å²) in [7, 11) is 3.06. The second-order valence-electron chi connectivity index (χ2n) is 7.64. The molecule has 2 heterocycles. The summed E-state index contributed by atoms with van der Waals surface area (Å²) in [6, 6.07) is 1.50. The van der Waals surface area contributed by atoms with E-state index < -0.39 is 6.09 Å². The van der Waals surface area contributed by atoms with Crippen molar-refractivity contribution in [3.05, 3.63) is 29.8 Å². The zero-order valence-electron chi connectivity index (χ0n) is 17.9. The van der Waals surface area contributed by atoms with Crippen LogP contribution in [0.1, 0.15) is 43.5 Å². The van der Waals surface area contributed by atoms with E-state index in [2.05, 4.69) is 25.5 Å². The van der Waals surface area contributed by atoms with Crippen LogP contribution in [0.25, 0.3) is 0 Å². The third kappa shape index (κ3) is 5.69. The summed E-state index contributed by atoms with van der Waals surface area (Å²) in [4.78, 5) is 33.7. The fourth-order valence-corrected chi connectivity index (χ4v) is 4.02. The van der Waals surface area contributed by atoms with Gasteiger partial charge in [-0.2, -0.15) is 5.10 Å². The predicted octanol–water partition coefficient (Wildman–Crippen LogP) is 2.04. The number of nitrogens with zero attached hydrogens (tertiary/aromatic N) is 4. The number of hydrogen-bond acceptors (Lipinski definition) is 7. The van der Waals surface area contributed by atoms with Gasteiger partial charge in [-0.25, -0.2) is 9.78 Å². The van der Waals surface area contributed by atoms with Crippen molar-refractivity contribution in [2.45, 2.75) is 50.6 Å². The highest BCUT2D eigenvalue weighted by molar-refractivity contribution is 5.91. The van der Waals surface area contributed by atoms with Crippen LogP contribution >= 0.6 is 0 Å². The molecule has 2 aromatic heterocycles. The molecule has 1 aliphatic rings. The van der Waals surface area contributed by atoms with Crippen molar-refractivity contribution in [2.75, 3.05) is 26.1 Å². The van der Waals surface area contributed by atoms with Crippen LogP contribution in [0.5, 0.6) is 5.88 Å². The van der Waals surface area contributed by atoms with Gasteiger partial charge in [-0.3, -0.25) is 14.9 Å². The summed E-state index contributed by atoms with van der Waals surface area (Å²) < 4.78 is 10.1. The first kappa shape index (κ1) is 22.5. The third-order valence-corrected chi connectivity index (χ3v) is 5.44. The quantitative estimate of drug-likeness (QED) is 0.546. The van der Waals surface area contributed by atoms with Crippen LogP contribution in [0.4, 0.5) is 10.6 Å². The Labute approximate surface area is 180 Å². The van der Waals surface area contributed by atoms with Gasteiger partial charge in [0.05, 0.1) is 44.3 Å². The highest BCUT2D eigenvalue weighted by Gasteiger charge is 2.35. The van der Waals surface area contributed by atoms with Crippen molar-refractivity contribution in [3.63, 3.8) is 0 Å². The Hall–Kier alpha value is -3.21. The summed E-state index contributed by atoms with van der Waals surface area (Å²) in [6.07, 6.45) is 4.38. The van der Waals surface area contributed by atoms with Gasteiger partial charge in [0.1, 0.15) is 0 Å². The topological polar surface area (TPSA) is 143 Å². The Bertz CT molecular complexity index is 886. The number of hydrogen-bond donors (Lipinski definition) is 3. The number of aromatic amines is 1. The summed E-state index contributed by atoms with van der Waals surface area (Å²) in [5, 5.41) is 19.5.